The van der Waals surface area contributed by atoms with E-state index < -0.39 is 16.6 Å². The standard InChI is InChI=1S/C24H22N2O4S/c1-24(2,3)22(28)26-13-16(11-20-21(27)25-23(29)31-20)18-12-17(9-10-19(18)26)30-14-15-7-5-4-6-8-15/h4-13H,14H2,1-3H3,(H,25,27,29)/b20-11-. The molecular weight excluding hydrogens is 412 g/mol. The smallest absolute Gasteiger partial charge is 0.290 e. The molecule has 1 aromatic heterocycles. The number of carbonyl (C=O) groups excluding carboxylic acids is 3. The second-order valence-electron chi connectivity index (χ2n) is 8.32. The fourth-order valence-electron chi connectivity index (χ4n) is 3.27. The van der Waals surface area contributed by atoms with E-state index in [9.17, 15) is 14.4 Å². The lowest BCUT2D eigenvalue weighted by Crippen LogP contribution is -2.26. The minimum Gasteiger partial charge on any atom is -0.489 e. The van der Waals surface area contributed by atoms with Crippen molar-refractivity contribution in [3.63, 3.8) is 0 Å². The first kappa shape index (κ1) is 20.9. The highest BCUT2D eigenvalue weighted by atomic mass is 32.2. The van der Waals surface area contributed by atoms with Crippen molar-refractivity contribution in [1.82, 2.24) is 9.88 Å². The Morgan fingerprint density at radius 3 is 2.52 bits per heavy atom. The number of benzene rings is 2. The number of amides is 2. The molecule has 2 aromatic carbocycles. The summed E-state index contributed by atoms with van der Waals surface area (Å²) >= 11 is 0.848. The molecule has 0 bridgehead atoms. The van der Waals surface area contributed by atoms with Gasteiger partial charge in [-0.3, -0.25) is 24.3 Å². The molecule has 4 rings (SSSR count). The van der Waals surface area contributed by atoms with Gasteiger partial charge in [0.15, 0.2) is 0 Å². The minimum atomic E-state index is -0.589. The average Bonchev–Trinajstić information content (AvgIpc) is 3.24. The number of aromatic nitrogens is 1. The summed E-state index contributed by atoms with van der Waals surface area (Å²) in [6, 6.07) is 15.4. The maximum Gasteiger partial charge on any atom is 0.290 e. The fourth-order valence-corrected chi connectivity index (χ4v) is 3.95. The van der Waals surface area contributed by atoms with Crippen LogP contribution < -0.4 is 10.1 Å². The minimum absolute atomic E-state index is 0.0697. The highest BCUT2D eigenvalue weighted by molar-refractivity contribution is 8.18. The van der Waals surface area contributed by atoms with Crippen LogP contribution in [0.1, 0.15) is 36.7 Å². The van der Waals surface area contributed by atoms with Crippen LogP contribution in [0.15, 0.2) is 59.6 Å². The highest BCUT2D eigenvalue weighted by Crippen LogP contribution is 2.33. The molecule has 1 fully saturated rings. The van der Waals surface area contributed by atoms with E-state index in [0.717, 1.165) is 22.7 Å². The monoisotopic (exact) mass is 434 g/mol. The number of nitrogens with zero attached hydrogens (tertiary/aromatic N) is 1. The molecule has 31 heavy (non-hydrogen) atoms. The van der Waals surface area contributed by atoms with Gasteiger partial charge >= 0.3 is 0 Å². The second-order valence-corrected chi connectivity index (χ2v) is 9.33. The maximum absolute atomic E-state index is 13.0. The molecule has 158 valence electrons. The number of imide groups is 1. The van der Waals surface area contributed by atoms with Crippen LogP contribution in [0, 0.1) is 5.41 Å². The molecule has 2 amide bonds. The topological polar surface area (TPSA) is 77.4 Å². The number of fused-ring (bicyclic) bond motifs is 1. The van der Waals surface area contributed by atoms with Gasteiger partial charge < -0.3 is 4.74 Å². The molecule has 2 heterocycles. The molecule has 1 saturated heterocycles. The van der Waals surface area contributed by atoms with E-state index >= 15 is 0 Å². The SMILES string of the molecule is CC(C)(C)C(=O)n1cc(/C=C2\SC(=O)NC2=O)c2cc(OCc3ccccc3)ccc21. The zero-order chi connectivity index (χ0) is 22.2. The molecule has 1 aliphatic rings. The van der Waals surface area contributed by atoms with Crippen LogP contribution >= 0.6 is 11.8 Å². The normalized spacial score (nSPS) is 15.5. The van der Waals surface area contributed by atoms with Gasteiger partial charge in [-0.1, -0.05) is 51.1 Å². The predicted octanol–water partition coefficient (Wildman–Crippen LogP) is 5.23. The quantitative estimate of drug-likeness (QED) is 0.569. The van der Waals surface area contributed by atoms with Gasteiger partial charge in [0.25, 0.3) is 11.1 Å². The summed E-state index contributed by atoms with van der Waals surface area (Å²) in [6.07, 6.45) is 3.35. The molecule has 6 nitrogen and oxygen atoms in total. The highest BCUT2D eigenvalue weighted by Gasteiger charge is 2.28. The van der Waals surface area contributed by atoms with E-state index in [2.05, 4.69) is 5.32 Å². The lowest BCUT2D eigenvalue weighted by atomic mass is 9.95. The summed E-state index contributed by atoms with van der Waals surface area (Å²) in [7, 11) is 0. The van der Waals surface area contributed by atoms with Crippen LogP contribution in [0.25, 0.3) is 17.0 Å². The Bertz CT molecular complexity index is 1220. The summed E-state index contributed by atoms with van der Waals surface area (Å²) < 4.78 is 7.55. The van der Waals surface area contributed by atoms with Gasteiger partial charge in [-0.25, -0.2) is 0 Å². The van der Waals surface area contributed by atoms with Crippen LogP contribution in [0.5, 0.6) is 5.75 Å². The van der Waals surface area contributed by atoms with Crippen LogP contribution in [0.3, 0.4) is 0 Å². The Kier molecular flexibility index (Phi) is 5.45. The average molecular weight is 435 g/mol. The Morgan fingerprint density at radius 1 is 1.13 bits per heavy atom. The number of nitrogens with one attached hydrogen (secondary N) is 1. The second kappa shape index (κ2) is 8.07. The van der Waals surface area contributed by atoms with E-state index in [1.54, 1.807) is 16.8 Å². The third-order valence-corrected chi connectivity index (χ3v) is 5.65. The van der Waals surface area contributed by atoms with Crippen molar-refractivity contribution in [3.05, 3.63) is 70.8 Å². The first-order chi connectivity index (χ1) is 14.7. The van der Waals surface area contributed by atoms with E-state index in [0.29, 0.717) is 28.3 Å². The molecule has 0 radical (unpaired) electrons. The van der Waals surface area contributed by atoms with Crippen molar-refractivity contribution in [2.24, 2.45) is 5.41 Å². The van der Waals surface area contributed by atoms with Crippen molar-refractivity contribution in [1.29, 1.82) is 0 Å². The van der Waals surface area contributed by atoms with Gasteiger partial charge in [0.2, 0.25) is 5.91 Å². The van der Waals surface area contributed by atoms with Gasteiger partial charge in [-0.2, -0.15) is 0 Å². The molecule has 0 unspecified atom stereocenters. The van der Waals surface area contributed by atoms with Gasteiger partial charge in [0.1, 0.15) is 12.4 Å². The predicted molar refractivity (Wildman–Crippen MR) is 122 cm³/mol. The van der Waals surface area contributed by atoms with Crippen LogP contribution in [0.2, 0.25) is 0 Å². The van der Waals surface area contributed by atoms with Crippen LogP contribution in [-0.4, -0.2) is 21.6 Å². The molecular formula is C24H22N2O4S. The first-order valence-corrected chi connectivity index (χ1v) is 10.7. The summed E-state index contributed by atoms with van der Waals surface area (Å²) in [4.78, 5) is 36.9. The third kappa shape index (κ3) is 4.41. The summed E-state index contributed by atoms with van der Waals surface area (Å²) in [6.45, 7) is 5.98. The summed E-state index contributed by atoms with van der Waals surface area (Å²) in [5, 5.41) is 2.62. The molecule has 0 aliphatic carbocycles. The van der Waals surface area contributed by atoms with Gasteiger partial charge in [-0.15, -0.1) is 0 Å². The van der Waals surface area contributed by atoms with Crippen molar-refractivity contribution in [3.8, 4) is 5.75 Å². The van der Waals surface area contributed by atoms with Crippen LogP contribution in [0.4, 0.5) is 4.79 Å². The van der Waals surface area contributed by atoms with E-state index in [1.165, 1.54) is 0 Å². The lowest BCUT2D eigenvalue weighted by Gasteiger charge is -2.17. The fraction of sp³-hybridized carbons (Fsp3) is 0.208. The van der Waals surface area contributed by atoms with E-state index in [4.69, 9.17) is 4.74 Å². The summed E-state index contributed by atoms with van der Waals surface area (Å²) in [5.41, 5.74) is 1.84. The molecule has 1 aliphatic heterocycles. The van der Waals surface area contributed by atoms with Crippen molar-refractivity contribution in [2.75, 3.05) is 0 Å². The number of hydrogen-bond donors (Lipinski definition) is 1. The first-order valence-electron chi connectivity index (χ1n) is 9.84. The number of ether oxygens (including phenoxy) is 1. The molecule has 1 N–H and O–H groups in total. The van der Waals surface area contributed by atoms with Gasteiger partial charge in [0.05, 0.1) is 10.4 Å². The van der Waals surface area contributed by atoms with Crippen molar-refractivity contribution >= 4 is 45.8 Å². The number of thioether (sulfide) groups is 1. The van der Waals surface area contributed by atoms with Crippen molar-refractivity contribution < 1.29 is 19.1 Å². The Morgan fingerprint density at radius 2 is 1.87 bits per heavy atom. The Hall–Kier alpha value is -3.32. The molecule has 3 aromatic rings. The zero-order valence-corrected chi connectivity index (χ0v) is 18.3. The molecule has 0 spiro atoms. The Balaban J connectivity index is 1.76. The van der Waals surface area contributed by atoms with Crippen LogP contribution in [-0.2, 0) is 11.4 Å². The van der Waals surface area contributed by atoms with Gasteiger partial charge in [-0.05, 0) is 41.6 Å². The number of carbonyl (C=O) groups is 3. The van der Waals surface area contributed by atoms with Gasteiger partial charge in [0, 0.05) is 22.6 Å². The largest absolute Gasteiger partial charge is 0.489 e. The molecule has 0 saturated carbocycles. The van der Waals surface area contributed by atoms with Crippen molar-refractivity contribution in [2.45, 2.75) is 27.4 Å². The molecule has 7 heteroatoms. The Labute approximate surface area is 184 Å². The van der Waals surface area contributed by atoms with E-state index in [1.807, 2.05) is 69.3 Å². The lowest BCUT2D eigenvalue weighted by molar-refractivity contribution is -0.115. The zero-order valence-electron chi connectivity index (χ0n) is 17.5. The summed E-state index contributed by atoms with van der Waals surface area (Å²) in [5.74, 6) is 0.144. The van der Waals surface area contributed by atoms with E-state index in [-0.39, 0.29) is 5.91 Å². The number of rotatable bonds is 4. The number of hydrogen-bond acceptors (Lipinski definition) is 5. The third-order valence-electron chi connectivity index (χ3n) is 4.84. The molecule has 0 atom stereocenters. The maximum atomic E-state index is 13.0.